The van der Waals surface area contributed by atoms with E-state index < -0.39 is 5.82 Å². The minimum atomic E-state index is -0.513. The molecule has 4 rings (SSSR count). The minimum Gasteiger partial charge on any atom is -0.470 e. The lowest BCUT2D eigenvalue weighted by Gasteiger charge is -2.17. The summed E-state index contributed by atoms with van der Waals surface area (Å²) in [4.78, 5) is 26.6. The number of aryl methyl sites for hydroxylation is 1. The summed E-state index contributed by atoms with van der Waals surface area (Å²) in [6.07, 6.45) is 2.18. The molecule has 3 heterocycles. The number of aromatic nitrogens is 3. The molecule has 9 heteroatoms. The van der Waals surface area contributed by atoms with Gasteiger partial charge in [0.1, 0.15) is 12.4 Å². The van der Waals surface area contributed by atoms with Crippen molar-refractivity contribution in [3.63, 3.8) is 0 Å². The van der Waals surface area contributed by atoms with Crippen molar-refractivity contribution < 1.29 is 13.9 Å². The Morgan fingerprint density at radius 1 is 1.39 bits per heavy atom. The Hall–Kier alpha value is -2.26. The number of carbonyl (C=O) groups excluding carboxylic acids is 1. The van der Waals surface area contributed by atoms with Crippen LogP contribution in [0.5, 0.6) is 5.88 Å². The van der Waals surface area contributed by atoms with Crippen LogP contribution in [0.2, 0.25) is 0 Å². The molecule has 0 radical (unpaired) electrons. The number of ether oxygens (including phenoxy) is 1. The van der Waals surface area contributed by atoms with Crippen molar-refractivity contribution in [1.29, 1.82) is 0 Å². The van der Waals surface area contributed by atoms with Crippen molar-refractivity contribution in [3.05, 3.63) is 42.1 Å². The van der Waals surface area contributed by atoms with Crippen LogP contribution < -0.4 is 4.74 Å². The lowest BCUT2D eigenvalue weighted by atomic mass is 10.3. The number of hydrogen-bond acceptors (Lipinski definition) is 7. The Balaban J connectivity index is 1.31. The third-order valence-electron chi connectivity index (χ3n) is 4.53. The van der Waals surface area contributed by atoms with Crippen molar-refractivity contribution in [2.75, 3.05) is 18.8 Å². The summed E-state index contributed by atoms with van der Waals surface area (Å²) in [6, 6.07) is 7.93. The highest BCUT2D eigenvalue weighted by atomic mass is 32.2. The largest absolute Gasteiger partial charge is 0.470 e. The smallest absolute Gasteiger partial charge is 0.254 e. The van der Waals surface area contributed by atoms with Crippen molar-refractivity contribution in [1.82, 2.24) is 19.9 Å². The number of thioether (sulfide) groups is 1. The number of benzene rings is 1. The maximum atomic E-state index is 14.2. The molecular formula is C19H19FN4O2S2. The van der Waals surface area contributed by atoms with Crippen LogP contribution in [-0.2, 0) is 11.2 Å². The van der Waals surface area contributed by atoms with Gasteiger partial charge in [-0.05, 0) is 18.6 Å². The summed E-state index contributed by atoms with van der Waals surface area (Å²) in [6.45, 7) is 2.86. The van der Waals surface area contributed by atoms with Gasteiger partial charge in [0, 0.05) is 13.0 Å². The highest BCUT2D eigenvalue weighted by Crippen LogP contribution is 2.30. The van der Waals surface area contributed by atoms with E-state index in [2.05, 4.69) is 15.0 Å². The van der Waals surface area contributed by atoms with Crippen LogP contribution in [0.15, 0.2) is 34.9 Å². The summed E-state index contributed by atoms with van der Waals surface area (Å²) >= 11 is 3.04. The van der Waals surface area contributed by atoms with Gasteiger partial charge in [-0.3, -0.25) is 4.79 Å². The van der Waals surface area contributed by atoms with Crippen LogP contribution >= 0.6 is 23.1 Å². The Labute approximate surface area is 170 Å². The number of likely N-dealkylation sites (tertiary alicyclic amines) is 1. The second-order valence-electron chi connectivity index (χ2n) is 6.40. The summed E-state index contributed by atoms with van der Waals surface area (Å²) in [5.74, 6) is -0.182. The van der Waals surface area contributed by atoms with E-state index in [9.17, 15) is 9.18 Å². The quantitative estimate of drug-likeness (QED) is 0.570. The number of rotatable bonds is 6. The van der Waals surface area contributed by atoms with Crippen LogP contribution in [0, 0.1) is 5.82 Å². The third kappa shape index (κ3) is 4.10. The molecule has 1 atom stereocenters. The molecule has 1 fully saturated rings. The standard InChI is InChI=1S/C19H19FN4O2S2/c1-2-13-17(20)18(22-11-21-13)26-12-7-8-24(9-12)16(25)10-27-19-23-14-5-3-4-6-15(14)28-19/h3-6,11-12H,2,7-10H2,1H3/t12-/m1/s1. The molecule has 0 bridgehead atoms. The molecule has 1 aliphatic rings. The molecule has 0 N–H and O–H groups in total. The van der Waals surface area contributed by atoms with Gasteiger partial charge in [0.25, 0.3) is 5.88 Å². The van der Waals surface area contributed by atoms with Gasteiger partial charge in [0.15, 0.2) is 4.34 Å². The molecule has 0 aliphatic carbocycles. The molecule has 6 nitrogen and oxygen atoms in total. The zero-order chi connectivity index (χ0) is 19.5. The van der Waals surface area contributed by atoms with E-state index in [0.29, 0.717) is 37.4 Å². The number of halogens is 1. The second-order valence-corrected chi connectivity index (χ2v) is 8.65. The summed E-state index contributed by atoms with van der Waals surface area (Å²) < 4.78 is 21.9. The number of para-hydroxylation sites is 1. The van der Waals surface area contributed by atoms with E-state index in [-0.39, 0.29) is 17.9 Å². The normalized spacial score (nSPS) is 16.6. The maximum absolute atomic E-state index is 14.2. The lowest BCUT2D eigenvalue weighted by Crippen LogP contribution is -2.32. The maximum Gasteiger partial charge on any atom is 0.254 e. The number of amides is 1. The number of thiazole rings is 1. The summed E-state index contributed by atoms with van der Waals surface area (Å²) in [7, 11) is 0. The molecule has 1 aliphatic heterocycles. The first-order valence-corrected chi connectivity index (χ1v) is 10.9. The fraction of sp³-hybridized carbons (Fsp3) is 0.368. The topological polar surface area (TPSA) is 68.2 Å². The minimum absolute atomic E-state index is 0.0324. The first-order valence-electron chi connectivity index (χ1n) is 9.06. The van der Waals surface area contributed by atoms with Gasteiger partial charge in [-0.2, -0.15) is 9.37 Å². The molecule has 1 aromatic carbocycles. The first kappa shape index (κ1) is 19.1. The van der Waals surface area contributed by atoms with E-state index in [0.717, 1.165) is 14.6 Å². The Morgan fingerprint density at radius 2 is 2.25 bits per heavy atom. The number of fused-ring (bicyclic) bond motifs is 1. The molecule has 2 aromatic heterocycles. The van der Waals surface area contributed by atoms with E-state index in [1.165, 1.54) is 18.1 Å². The van der Waals surface area contributed by atoms with Crippen LogP contribution in [0.1, 0.15) is 19.0 Å². The predicted octanol–water partition coefficient (Wildman–Crippen LogP) is 3.56. The molecule has 146 valence electrons. The average Bonchev–Trinajstić information content (AvgIpc) is 3.34. The van der Waals surface area contributed by atoms with Gasteiger partial charge in [0.2, 0.25) is 11.7 Å². The van der Waals surface area contributed by atoms with Crippen molar-refractivity contribution in [2.24, 2.45) is 0 Å². The van der Waals surface area contributed by atoms with Crippen molar-refractivity contribution >= 4 is 39.2 Å². The SMILES string of the molecule is CCc1ncnc(O[C@@H]2CCN(C(=O)CSc3nc4ccccc4s3)C2)c1F. The molecule has 1 amide bonds. The first-order chi connectivity index (χ1) is 13.6. The predicted molar refractivity (Wildman–Crippen MR) is 107 cm³/mol. The van der Waals surface area contributed by atoms with Crippen LogP contribution in [-0.4, -0.2) is 50.7 Å². The van der Waals surface area contributed by atoms with Crippen molar-refractivity contribution in [2.45, 2.75) is 30.2 Å². The van der Waals surface area contributed by atoms with Crippen LogP contribution in [0.3, 0.4) is 0 Å². The third-order valence-corrected chi connectivity index (χ3v) is 6.70. The molecule has 0 spiro atoms. The summed E-state index contributed by atoms with van der Waals surface area (Å²) in [5.41, 5.74) is 1.29. The summed E-state index contributed by atoms with van der Waals surface area (Å²) in [5, 5.41) is 0. The molecule has 0 unspecified atom stereocenters. The average molecular weight is 419 g/mol. The monoisotopic (exact) mass is 418 g/mol. The Bertz CT molecular complexity index is 964. The molecule has 1 saturated heterocycles. The lowest BCUT2D eigenvalue weighted by molar-refractivity contribution is -0.127. The molecule has 0 saturated carbocycles. The second kappa shape index (κ2) is 8.40. The van der Waals surface area contributed by atoms with Crippen LogP contribution in [0.4, 0.5) is 4.39 Å². The Kier molecular flexibility index (Phi) is 5.72. The highest BCUT2D eigenvalue weighted by Gasteiger charge is 2.29. The zero-order valence-electron chi connectivity index (χ0n) is 15.3. The van der Waals surface area contributed by atoms with Gasteiger partial charge in [-0.15, -0.1) is 11.3 Å². The van der Waals surface area contributed by atoms with E-state index in [1.54, 1.807) is 16.2 Å². The van der Waals surface area contributed by atoms with E-state index >= 15 is 0 Å². The number of carbonyl (C=O) groups is 1. The van der Waals surface area contributed by atoms with Crippen LogP contribution in [0.25, 0.3) is 10.2 Å². The van der Waals surface area contributed by atoms with Crippen molar-refractivity contribution in [3.8, 4) is 5.88 Å². The fourth-order valence-corrected chi connectivity index (χ4v) is 5.02. The Morgan fingerprint density at radius 3 is 3.07 bits per heavy atom. The van der Waals surface area contributed by atoms with Gasteiger partial charge < -0.3 is 9.64 Å². The number of nitrogens with zero attached hydrogens (tertiary/aromatic N) is 4. The van der Waals surface area contributed by atoms with Gasteiger partial charge in [-0.25, -0.2) is 9.97 Å². The number of hydrogen-bond donors (Lipinski definition) is 0. The van der Waals surface area contributed by atoms with Gasteiger partial charge in [0.05, 0.1) is 28.2 Å². The molecule has 3 aromatic rings. The van der Waals surface area contributed by atoms with Gasteiger partial charge >= 0.3 is 0 Å². The van der Waals surface area contributed by atoms with E-state index in [4.69, 9.17) is 4.74 Å². The fourth-order valence-electron chi connectivity index (χ4n) is 3.05. The van der Waals surface area contributed by atoms with E-state index in [1.807, 2.05) is 31.2 Å². The molecular weight excluding hydrogens is 399 g/mol. The molecule has 28 heavy (non-hydrogen) atoms. The zero-order valence-corrected chi connectivity index (χ0v) is 16.9. The van der Waals surface area contributed by atoms with Gasteiger partial charge in [-0.1, -0.05) is 30.8 Å². The highest BCUT2D eigenvalue weighted by molar-refractivity contribution is 8.01.